The number of aromatic nitrogens is 2. The third-order valence-corrected chi connectivity index (χ3v) is 3.68. The first-order valence-electron chi connectivity index (χ1n) is 5.86. The van der Waals surface area contributed by atoms with Crippen molar-refractivity contribution in [3.05, 3.63) is 32.8 Å². The van der Waals surface area contributed by atoms with Gasteiger partial charge in [-0.25, -0.2) is 9.97 Å². The fourth-order valence-electron chi connectivity index (χ4n) is 1.80. The monoisotopic (exact) mass is 278 g/mol. The first kappa shape index (κ1) is 13.4. The average molecular weight is 278 g/mol. The molecule has 0 saturated carbocycles. The Labute approximate surface area is 114 Å². The number of aryl methyl sites for hydroxylation is 2. The van der Waals surface area contributed by atoms with Crippen LogP contribution in [0.2, 0.25) is 0 Å². The Morgan fingerprint density at radius 1 is 1.42 bits per heavy atom. The average Bonchev–Trinajstić information content (AvgIpc) is 2.74. The highest BCUT2D eigenvalue weighted by atomic mass is 32.1. The van der Waals surface area contributed by atoms with E-state index in [0.717, 1.165) is 10.4 Å². The van der Waals surface area contributed by atoms with Gasteiger partial charge in [0, 0.05) is 6.54 Å². The highest BCUT2D eigenvalue weighted by molar-refractivity contribution is 7.13. The number of nitro groups is 1. The van der Waals surface area contributed by atoms with Crippen molar-refractivity contribution in [2.75, 3.05) is 11.9 Å². The maximum Gasteiger partial charge on any atom is 0.317 e. The van der Waals surface area contributed by atoms with Crippen molar-refractivity contribution in [2.45, 2.75) is 20.8 Å². The molecule has 100 valence electrons. The highest BCUT2D eigenvalue weighted by Crippen LogP contribution is 2.36. The third kappa shape index (κ3) is 2.55. The predicted molar refractivity (Wildman–Crippen MR) is 75.6 cm³/mol. The van der Waals surface area contributed by atoms with Crippen molar-refractivity contribution in [3.63, 3.8) is 0 Å². The minimum atomic E-state index is -0.417. The minimum absolute atomic E-state index is 0.0211. The smallest absolute Gasteiger partial charge is 0.317 e. The number of thiophene rings is 1. The Morgan fingerprint density at radius 3 is 2.68 bits per heavy atom. The van der Waals surface area contributed by atoms with Gasteiger partial charge in [-0.1, -0.05) is 0 Å². The molecule has 0 aliphatic heterocycles. The summed E-state index contributed by atoms with van der Waals surface area (Å²) in [4.78, 5) is 20.0. The zero-order chi connectivity index (χ0) is 14.0. The lowest BCUT2D eigenvalue weighted by Gasteiger charge is -2.07. The molecule has 1 N–H and O–H groups in total. The summed E-state index contributed by atoms with van der Waals surface area (Å²) in [5.41, 5.74) is 1.72. The summed E-state index contributed by atoms with van der Waals surface area (Å²) in [5.74, 6) is 0.424. The summed E-state index contributed by atoms with van der Waals surface area (Å²) < 4.78 is 0. The number of anilines is 1. The van der Waals surface area contributed by atoms with Gasteiger partial charge in [-0.2, -0.15) is 0 Å². The maximum absolute atomic E-state index is 11.2. The third-order valence-electron chi connectivity index (χ3n) is 2.65. The Morgan fingerprint density at radius 2 is 2.16 bits per heavy atom. The highest BCUT2D eigenvalue weighted by Gasteiger charge is 2.24. The van der Waals surface area contributed by atoms with E-state index in [4.69, 9.17) is 0 Å². The Balaban J connectivity index is 2.68. The molecule has 0 radical (unpaired) electrons. The molecule has 6 nitrogen and oxygen atoms in total. The van der Waals surface area contributed by atoms with Crippen LogP contribution in [0.15, 0.2) is 11.4 Å². The summed E-state index contributed by atoms with van der Waals surface area (Å²) in [5, 5.41) is 16.1. The second-order valence-corrected chi connectivity index (χ2v) is 4.97. The molecule has 0 amide bonds. The van der Waals surface area contributed by atoms with Crippen LogP contribution in [0.1, 0.15) is 18.2 Å². The van der Waals surface area contributed by atoms with E-state index < -0.39 is 4.92 Å². The van der Waals surface area contributed by atoms with Crippen LogP contribution in [0.5, 0.6) is 0 Å². The van der Waals surface area contributed by atoms with Gasteiger partial charge in [0.05, 0.1) is 9.80 Å². The van der Waals surface area contributed by atoms with Crippen molar-refractivity contribution in [1.82, 2.24) is 9.97 Å². The number of hydrogen-bond donors (Lipinski definition) is 1. The lowest BCUT2D eigenvalue weighted by molar-refractivity contribution is -0.385. The van der Waals surface area contributed by atoms with E-state index in [-0.39, 0.29) is 5.69 Å². The first-order valence-corrected chi connectivity index (χ1v) is 6.74. The van der Waals surface area contributed by atoms with E-state index in [1.807, 2.05) is 25.3 Å². The van der Waals surface area contributed by atoms with Crippen LogP contribution in [0.4, 0.5) is 11.6 Å². The SMILES string of the molecule is CCNc1nc(C)c([N+](=O)[O-])c(-c2sccc2C)n1. The summed E-state index contributed by atoms with van der Waals surface area (Å²) in [6, 6.07) is 1.92. The summed E-state index contributed by atoms with van der Waals surface area (Å²) in [7, 11) is 0. The number of hydrogen-bond acceptors (Lipinski definition) is 6. The zero-order valence-electron chi connectivity index (χ0n) is 10.9. The normalized spacial score (nSPS) is 10.5. The summed E-state index contributed by atoms with van der Waals surface area (Å²) in [6.07, 6.45) is 0. The van der Waals surface area contributed by atoms with Gasteiger partial charge < -0.3 is 5.32 Å². The predicted octanol–water partition coefficient (Wildman–Crippen LogP) is 3.16. The van der Waals surface area contributed by atoms with Crippen LogP contribution in [0.25, 0.3) is 10.6 Å². The van der Waals surface area contributed by atoms with E-state index in [0.29, 0.717) is 23.9 Å². The van der Waals surface area contributed by atoms with Crippen LogP contribution in [-0.4, -0.2) is 21.4 Å². The van der Waals surface area contributed by atoms with E-state index in [1.54, 1.807) is 6.92 Å². The number of rotatable bonds is 4. The minimum Gasteiger partial charge on any atom is -0.354 e. The molecule has 0 aliphatic carbocycles. The molecule has 0 atom stereocenters. The quantitative estimate of drug-likeness (QED) is 0.686. The van der Waals surface area contributed by atoms with Crippen LogP contribution >= 0.6 is 11.3 Å². The fourth-order valence-corrected chi connectivity index (χ4v) is 2.71. The van der Waals surface area contributed by atoms with Crippen LogP contribution in [-0.2, 0) is 0 Å². The summed E-state index contributed by atoms with van der Waals surface area (Å²) >= 11 is 1.45. The van der Waals surface area contributed by atoms with Crippen molar-refractivity contribution in [3.8, 4) is 10.6 Å². The van der Waals surface area contributed by atoms with E-state index in [1.165, 1.54) is 11.3 Å². The Kier molecular flexibility index (Phi) is 3.75. The zero-order valence-corrected chi connectivity index (χ0v) is 11.7. The molecule has 2 aromatic heterocycles. The molecule has 0 unspecified atom stereocenters. The molecule has 2 rings (SSSR count). The topological polar surface area (TPSA) is 81.0 Å². The van der Waals surface area contributed by atoms with E-state index in [2.05, 4.69) is 15.3 Å². The van der Waals surface area contributed by atoms with Gasteiger partial charge in [0.15, 0.2) is 5.69 Å². The molecule has 0 saturated heterocycles. The van der Waals surface area contributed by atoms with Crippen molar-refractivity contribution in [1.29, 1.82) is 0 Å². The van der Waals surface area contributed by atoms with Crippen molar-refractivity contribution >= 4 is 23.0 Å². The van der Waals surface area contributed by atoms with Gasteiger partial charge in [0.1, 0.15) is 5.69 Å². The van der Waals surface area contributed by atoms with Gasteiger partial charge in [0.25, 0.3) is 0 Å². The first-order chi connectivity index (χ1) is 9.04. The van der Waals surface area contributed by atoms with Crippen LogP contribution < -0.4 is 5.32 Å². The van der Waals surface area contributed by atoms with Crippen molar-refractivity contribution < 1.29 is 4.92 Å². The maximum atomic E-state index is 11.2. The second kappa shape index (κ2) is 5.31. The Hall–Kier alpha value is -2.02. The molecule has 7 heteroatoms. The van der Waals surface area contributed by atoms with Gasteiger partial charge in [-0.05, 0) is 37.8 Å². The second-order valence-electron chi connectivity index (χ2n) is 4.05. The lowest BCUT2D eigenvalue weighted by Crippen LogP contribution is -2.07. The van der Waals surface area contributed by atoms with Gasteiger partial charge in [-0.3, -0.25) is 10.1 Å². The molecule has 19 heavy (non-hydrogen) atoms. The number of nitrogens with zero attached hydrogens (tertiary/aromatic N) is 3. The number of nitrogens with one attached hydrogen (secondary N) is 1. The molecular formula is C12H14N4O2S. The van der Waals surface area contributed by atoms with E-state index >= 15 is 0 Å². The summed E-state index contributed by atoms with van der Waals surface area (Å²) in [6.45, 7) is 6.14. The van der Waals surface area contributed by atoms with Gasteiger partial charge >= 0.3 is 5.69 Å². The van der Waals surface area contributed by atoms with Crippen molar-refractivity contribution in [2.24, 2.45) is 0 Å². The molecule has 0 fully saturated rings. The molecule has 2 heterocycles. The van der Waals surface area contributed by atoms with Crippen LogP contribution in [0.3, 0.4) is 0 Å². The molecule has 2 aromatic rings. The largest absolute Gasteiger partial charge is 0.354 e. The molecule has 0 aromatic carbocycles. The molecule has 0 aliphatic rings. The van der Waals surface area contributed by atoms with Gasteiger partial charge in [0.2, 0.25) is 5.95 Å². The van der Waals surface area contributed by atoms with Crippen LogP contribution in [0, 0.1) is 24.0 Å². The molecular weight excluding hydrogens is 264 g/mol. The van der Waals surface area contributed by atoms with E-state index in [9.17, 15) is 10.1 Å². The molecule has 0 bridgehead atoms. The lowest BCUT2D eigenvalue weighted by atomic mass is 10.2. The van der Waals surface area contributed by atoms with Gasteiger partial charge in [-0.15, -0.1) is 11.3 Å². The standard InChI is InChI=1S/C12H14N4O2S/c1-4-13-12-14-8(3)10(16(17)18)9(15-12)11-7(2)5-6-19-11/h5-6H,4H2,1-3H3,(H,13,14,15). The Bertz CT molecular complexity index is 624. The molecule has 0 spiro atoms. The fraction of sp³-hybridized carbons (Fsp3) is 0.333.